The van der Waals surface area contributed by atoms with E-state index < -0.39 is 24.0 Å². The number of piperazine rings is 1. The molecule has 9 unspecified atom stereocenters. The molecule has 1 spiro atoms. The summed E-state index contributed by atoms with van der Waals surface area (Å²) in [6.07, 6.45) is 1.03. The number of aromatic hydroxyl groups is 2. The second kappa shape index (κ2) is 13.5. The van der Waals surface area contributed by atoms with Gasteiger partial charge in [-0.2, -0.15) is 11.8 Å². The van der Waals surface area contributed by atoms with Crippen LogP contribution in [0.3, 0.4) is 0 Å². The average Bonchev–Trinajstić information content (AvgIpc) is 3.45. The highest BCUT2D eigenvalue weighted by Crippen LogP contribution is 2.74. The minimum Gasteiger partial charge on any atom is -0.504 e. The average molecular weight is 833 g/mol. The van der Waals surface area contributed by atoms with Crippen LogP contribution in [0.15, 0.2) is 18.2 Å². The molecule has 16 heteroatoms. The first-order valence-electron chi connectivity index (χ1n) is 19.6. The number of ether oxygens (including phenoxy) is 6. The molecule has 0 radical (unpaired) electrons. The number of quaternary nitrogens is 1. The van der Waals surface area contributed by atoms with Crippen LogP contribution in [0.1, 0.15) is 75.2 Å². The maximum Gasteiger partial charge on any atom is 0.407 e. The van der Waals surface area contributed by atoms with Gasteiger partial charge in [-0.05, 0) is 54.5 Å². The summed E-state index contributed by atoms with van der Waals surface area (Å²) in [5.41, 5.74) is 6.65. The van der Waals surface area contributed by atoms with Crippen molar-refractivity contribution < 1.29 is 57.5 Å². The summed E-state index contributed by atoms with van der Waals surface area (Å²) in [5.74, 6) is 1.67. The number of hydrogen-bond acceptors (Lipinski definition) is 14. The molecule has 4 N–H and O–H groups in total. The van der Waals surface area contributed by atoms with Crippen molar-refractivity contribution in [2.24, 2.45) is 0 Å². The number of esters is 1. The summed E-state index contributed by atoms with van der Waals surface area (Å²) in [6, 6.07) is 5.03. The van der Waals surface area contributed by atoms with Crippen molar-refractivity contribution in [3.8, 4) is 40.2 Å². The fraction of sp³-hybridized carbons (Fsp3) is 0.500. The molecule has 58 heavy (non-hydrogen) atoms. The minimum atomic E-state index is -0.925. The van der Waals surface area contributed by atoms with Crippen LogP contribution < -0.4 is 34.3 Å². The van der Waals surface area contributed by atoms with Crippen molar-refractivity contribution in [1.29, 1.82) is 0 Å². The van der Waals surface area contributed by atoms with Gasteiger partial charge in [-0.1, -0.05) is 17.8 Å². The molecule has 10 atom stereocenters. The van der Waals surface area contributed by atoms with Crippen molar-refractivity contribution in [2.75, 3.05) is 47.0 Å². The van der Waals surface area contributed by atoms with E-state index in [-0.39, 0.29) is 59.7 Å². The number of thioether (sulfide) groups is 2. The van der Waals surface area contributed by atoms with Crippen molar-refractivity contribution in [1.82, 2.24) is 10.6 Å². The van der Waals surface area contributed by atoms with Crippen LogP contribution in [0.5, 0.6) is 40.2 Å². The number of phenols is 2. The Balaban J connectivity index is 1.19. The quantitative estimate of drug-likeness (QED) is 0.120. The summed E-state index contributed by atoms with van der Waals surface area (Å²) < 4.78 is 36.9. The number of aryl methyl sites for hydroxylation is 1. The van der Waals surface area contributed by atoms with Crippen LogP contribution in [0.2, 0.25) is 0 Å². The predicted octanol–water partition coefficient (Wildman–Crippen LogP) is 4.80. The fourth-order valence-corrected chi connectivity index (χ4v) is 13.7. The number of methoxy groups -OCH3 is 2. The second-order valence-corrected chi connectivity index (χ2v) is 18.4. The van der Waals surface area contributed by atoms with Gasteiger partial charge >= 0.3 is 12.1 Å². The summed E-state index contributed by atoms with van der Waals surface area (Å²) >= 11 is 2.68. The molecule has 3 saturated heterocycles. The standard InChI is InChI=1S/C42H45N3O11S2/c1-16-7-21-28-24-11-43-33(34(45(24)12-25(28)45)30(21)35(48)36(16)52-5)32-31-29(39-38(54-15-55-39)17(2)37(31)56-18(3)46)22-13-53-42(50)44-23(41(49)57-6)8-19-9-26(47)27(51-4)10-20(19)14-58-40(22)32/h7,9-10,22-25,28,32-34,40,43H,8,11-15H2,1-6H3,(H2-,44,47,48,50)/p+1/t22?,23-,24?,25?,28?,32?,33?,34?,40?,45?/m1/s1. The van der Waals surface area contributed by atoms with E-state index in [2.05, 4.69) is 16.7 Å². The Bertz CT molecular complexity index is 2320. The lowest BCUT2D eigenvalue weighted by atomic mass is 9.65. The van der Waals surface area contributed by atoms with Gasteiger partial charge in [0.1, 0.15) is 37.0 Å². The summed E-state index contributed by atoms with van der Waals surface area (Å²) in [6.45, 7) is 6.88. The molecule has 0 saturated carbocycles. The molecule has 3 aromatic rings. The first kappa shape index (κ1) is 37.7. The Labute approximate surface area is 343 Å². The van der Waals surface area contributed by atoms with Crippen molar-refractivity contribution in [3.63, 3.8) is 0 Å². The normalized spacial score (nSPS) is 31.9. The van der Waals surface area contributed by atoms with E-state index >= 15 is 0 Å². The number of carbonyl (C=O) groups excluding carboxylic acids is 3. The summed E-state index contributed by atoms with van der Waals surface area (Å²) in [4.78, 5) is 40.0. The molecule has 0 aromatic heterocycles. The molecular weight excluding hydrogens is 787 g/mol. The van der Waals surface area contributed by atoms with E-state index in [4.69, 9.17) is 28.4 Å². The number of cyclic esters (lactones) is 1. The molecule has 14 nitrogen and oxygen atoms in total. The SMILES string of the molecule is COc1cc2c(cc1O)C[C@H](C(=O)SC)NC(=O)OCC1c3c4c(c(C)c(OC(C)=O)c3C(C3NCC5C6c7cc(C)c(OC)c(O)c7C3[N+]53CC63)C1SC2)OCO4. The highest BCUT2D eigenvalue weighted by atomic mass is 32.2. The largest absolute Gasteiger partial charge is 0.504 e. The minimum absolute atomic E-state index is 0.0345. The Kier molecular flexibility index (Phi) is 8.79. The van der Waals surface area contributed by atoms with Crippen molar-refractivity contribution in [2.45, 2.75) is 86.2 Å². The molecule has 7 heterocycles. The first-order valence-corrected chi connectivity index (χ1v) is 21.9. The number of phenolic OH excluding ortho intramolecular Hbond substituents is 2. The van der Waals surface area contributed by atoms with Gasteiger partial charge < -0.3 is 49.3 Å². The number of amides is 1. The maximum absolute atomic E-state index is 13.7. The van der Waals surface area contributed by atoms with Crippen LogP contribution in [0, 0.1) is 13.8 Å². The van der Waals surface area contributed by atoms with Crippen LogP contribution in [-0.2, 0) is 26.5 Å². The number of nitrogens with zero attached hydrogens (tertiary/aromatic N) is 1. The topological polar surface area (TPSA) is 171 Å². The van der Waals surface area contributed by atoms with Crippen LogP contribution in [0.4, 0.5) is 4.79 Å². The maximum atomic E-state index is 13.7. The lowest BCUT2D eigenvalue weighted by Crippen LogP contribution is -2.73. The van der Waals surface area contributed by atoms with E-state index in [1.54, 1.807) is 37.3 Å². The highest BCUT2D eigenvalue weighted by Gasteiger charge is 2.85. The lowest BCUT2D eigenvalue weighted by molar-refractivity contribution is -0.921. The zero-order chi connectivity index (χ0) is 40.5. The Morgan fingerprint density at radius 1 is 0.966 bits per heavy atom. The number of alkyl carbamates (subject to hydrolysis) is 1. The van der Waals surface area contributed by atoms with Gasteiger partial charge in [0.05, 0.1) is 31.7 Å². The molecule has 7 aliphatic heterocycles. The molecule has 3 aromatic carbocycles. The predicted molar refractivity (Wildman–Crippen MR) is 214 cm³/mol. The van der Waals surface area contributed by atoms with Gasteiger partial charge in [0.15, 0.2) is 40.5 Å². The molecule has 1 amide bonds. The van der Waals surface area contributed by atoms with Gasteiger partial charge in [-0.25, -0.2) is 4.79 Å². The molecule has 1 aliphatic carbocycles. The highest BCUT2D eigenvalue weighted by molar-refractivity contribution is 8.13. The molecule has 3 fully saturated rings. The van der Waals surface area contributed by atoms with Crippen LogP contribution in [0.25, 0.3) is 0 Å². The van der Waals surface area contributed by atoms with E-state index in [0.717, 1.165) is 57.2 Å². The third-order valence-electron chi connectivity index (χ3n) is 13.9. The number of fused-ring (bicyclic) bond motifs is 6. The monoisotopic (exact) mass is 832 g/mol. The summed E-state index contributed by atoms with van der Waals surface area (Å²) in [7, 11) is 3.08. The van der Waals surface area contributed by atoms with Gasteiger partial charge in [-0.3, -0.25) is 14.1 Å². The molecule has 11 rings (SSSR count). The van der Waals surface area contributed by atoms with E-state index in [1.807, 2.05) is 13.8 Å². The molecular formula is C42H46N3O11S2+. The van der Waals surface area contributed by atoms with Crippen molar-refractivity contribution >= 4 is 40.7 Å². The van der Waals surface area contributed by atoms with Crippen LogP contribution >= 0.6 is 23.5 Å². The van der Waals surface area contributed by atoms with E-state index in [1.165, 1.54) is 19.6 Å². The first-order chi connectivity index (χ1) is 27.9. The Morgan fingerprint density at radius 3 is 2.50 bits per heavy atom. The second-order valence-electron chi connectivity index (χ2n) is 16.5. The smallest absolute Gasteiger partial charge is 0.407 e. The number of hydrogen-bond donors (Lipinski definition) is 4. The third-order valence-corrected chi connectivity index (χ3v) is 16.1. The summed E-state index contributed by atoms with van der Waals surface area (Å²) in [5, 5.41) is 29.3. The molecule has 306 valence electrons. The Morgan fingerprint density at radius 2 is 1.76 bits per heavy atom. The van der Waals surface area contributed by atoms with Gasteiger partial charge in [0, 0.05) is 59.4 Å². The van der Waals surface area contributed by atoms with E-state index in [0.29, 0.717) is 63.6 Å². The van der Waals surface area contributed by atoms with Crippen LogP contribution in [-0.4, -0.2) is 108 Å². The third kappa shape index (κ3) is 5.16. The lowest BCUT2D eigenvalue weighted by Gasteiger charge is -2.60. The molecule has 8 aliphatic rings. The number of carbonyl (C=O) groups is 3. The van der Waals surface area contributed by atoms with Crippen molar-refractivity contribution in [3.05, 3.63) is 62.7 Å². The van der Waals surface area contributed by atoms with E-state index in [9.17, 15) is 24.6 Å². The van der Waals surface area contributed by atoms with Gasteiger partial charge in [0.2, 0.25) is 11.9 Å². The number of rotatable bonds is 5. The van der Waals surface area contributed by atoms with Gasteiger partial charge in [-0.15, -0.1) is 0 Å². The van der Waals surface area contributed by atoms with Gasteiger partial charge in [0.25, 0.3) is 0 Å². The Hall–Kier alpha value is -4.51. The number of nitrogens with one attached hydrogen (secondary N) is 2. The fourth-order valence-electron chi connectivity index (χ4n) is 11.7. The zero-order valence-electron chi connectivity index (χ0n) is 33.0. The molecule has 4 bridgehead atoms. The zero-order valence-corrected chi connectivity index (χ0v) is 34.6. The number of benzene rings is 3.